The third-order valence-corrected chi connectivity index (χ3v) is 5.77. The van der Waals surface area contributed by atoms with Crippen molar-refractivity contribution < 1.29 is 0 Å². The first kappa shape index (κ1) is 19.1. The average molecular weight is 383 g/mol. The number of benzene rings is 1. The lowest BCUT2D eigenvalue weighted by Gasteiger charge is -2.45. The fourth-order valence-electron chi connectivity index (χ4n) is 4.67. The molecule has 29 heavy (non-hydrogen) atoms. The fourth-order valence-corrected chi connectivity index (χ4v) is 4.67. The topological polar surface area (TPSA) is 45.2 Å². The van der Waals surface area contributed by atoms with Crippen LogP contribution in [0.25, 0.3) is 6.08 Å². The zero-order chi connectivity index (χ0) is 20.3. The van der Waals surface area contributed by atoms with E-state index in [1.54, 1.807) is 6.07 Å². The summed E-state index contributed by atoms with van der Waals surface area (Å²) >= 11 is 0. The maximum atomic E-state index is 11.9. The van der Waals surface area contributed by atoms with Gasteiger partial charge in [0, 0.05) is 35.9 Å². The molecular formula is C26H26N2O. The number of pyridine rings is 1. The molecular weight excluding hydrogens is 356 g/mol. The van der Waals surface area contributed by atoms with Gasteiger partial charge in [0.2, 0.25) is 5.56 Å². The quantitative estimate of drug-likeness (QED) is 0.431. The largest absolute Gasteiger partial charge is 0.326 e. The number of aromatic nitrogens is 1. The summed E-state index contributed by atoms with van der Waals surface area (Å²) in [6.07, 6.45) is 16.2. The number of H-pyrrole nitrogens is 1. The van der Waals surface area contributed by atoms with E-state index in [-0.39, 0.29) is 5.56 Å². The van der Waals surface area contributed by atoms with Crippen molar-refractivity contribution in [2.24, 2.45) is 10.9 Å². The summed E-state index contributed by atoms with van der Waals surface area (Å²) in [6, 6.07) is 13.8. The van der Waals surface area contributed by atoms with Gasteiger partial charge in [0.1, 0.15) is 5.54 Å². The number of nitrogens with one attached hydrogen (secondary N) is 1. The van der Waals surface area contributed by atoms with Crippen molar-refractivity contribution >= 4 is 12.3 Å². The number of hydrogen-bond acceptors (Lipinski definition) is 2. The van der Waals surface area contributed by atoms with Gasteiger partial charge in [-0.2, -0.15) is 0 Å². The maximum Gasteiger partial charge on any atom is 0.248 e. The molecule has 2 aromatic rings. The van der Waals surface area contributed by atoms with Gasteiger partial charge in [-0.25, -0.2) is 0 Å². The number of hydrogen-bond donors (Lipinski definition) is 1. The summed E-state index contributed by atoms with van der Waals surface area (Å²) in [5.74, 6) is 0.290. The van der Waals surface area contributed by atoms with E-state index in [4.69, 9.17) is 4.99 Å². The molecule has 3 heteroatoms. The minimum atomic E-state index is -0.427. The number of allylic oxidation sites excluding steroid dienone is 5. The van der Waals surface area contributed by atoms with Crippen LogP contribution in [0.15, 0.2) is 93.8 Å². The van der Waals surface area contributed by atoms with Gasteiger partial charge in [0.05, 0.1) is 0 Å². The summed E-state index contributed by atoms with van der Waals surface area (Å²) in [5, 5.41) is 0. The Balaban J connectivity index is 1.67. The smallest absolute Gasteiger partial charge is 0.248 e. The van der Waals surface area contributed by atoms with Crippen LogP contribution in [0.3, 0.4) is 0 Å². The molecule has 0 saturated carbocycles. The van der Waals surface area contributed by atoms with Crippen LogP contribution >= 0.6 is 0 Å². The second-order valence-corrected chi connectivity index (χ2v) is 7.75. The third kappa shape index (κ3) is 3.73. The van der Waals surface area contributed by atoms with E-state index in [1.165, 1.54) is 16.7 Å². The van der Waals surface area contributed by atoms with Gasteiger partial charge >= 0.3 is 0 Å². The van der Waals surface area contributed by atoms with Crippen LogP contribution in [0.1, 0.15) is 37.1 Å². The zero-order valence-electron chi connectivity index (χ0n) is 16.9. The van der Waals surface area contributed by atoms with Crippen LogP contribution in [0, 0.1) is 5.92 Å². The van der Waals surface area contributed by atoms with E-state index in [1.807, 2.05) is 48.7 Å². The van der Waals surface area contributed by atoms with Crippen LogP contribution < -0.4 is 5.56 Å². The molecule has 0 unspecified atom stereocenters. The highest BCUT2D eigenvalue weighted by Crippen LogP contribution is 2.51. The van der Waals surface area contributed by atoms with Gasteiger partial charge in [-0.1, -0.05) is 66.3 Å². The molecule has 2 bridgehead atoms. The minimum Gasteiger partial charge on any atom is -0.326 e. The molecule has 1 heterocycles. The number of fused-ring (bicyclic) bond motifs is 4. The van der Waals surface area contributed by atoms with Crippen LogP contribution in [0.4, 0.5) is 0 Å². The highest BCUT2D eigenvalue weighted by molar-refractivity contribution is 5.74. The summed E-state index contributed by atoms with van der Waals surface area (Å²) in [7, 11) is 0. The van der Waals surface area contributed by atoms with Gasteiger partial charge in [-0.15, -0.1) is 0 Å². The van der Waals surface area contributed by atoms with Crippen molar-refractivity contribution in [3.05, 3.63) is 111 Å². The average Bonchev–Trinajstić information content (AvgIpc) is 2.70. The Bertz CT molecular complexity index is 1100. The second-order valence-electron chi connectivity index (χ2n) is 7.75. The van der Waals surface area contributed by atoms with Gasteiger partial charge in [0.25, 0.3) is 0 Å². The Morgan fingerprint density at radius 2 is 1.93 bits per heavy atom. The maximum absolute atomic E-state index is 11.9. The lowest BCUT2D eigenvalue weighted by molar-refractivity contribution is 0.413. The SMILES string of the molecule is C/C=C1\[C@H]2C=C(C)C[C@]1(/N=C/C=C/C=C/c1ccccc1)c1ccc(=O)[nH]c1C2. The molecule has 2 aliphatic rings. The minimum absolute atomic E-state index is 0.0449. The van der Waals surface area contributed by atoms with Crippen molar-refractivity contribution in [1.29, 1.82) is 0 Å². The molecule has 0 saturated heterocycles. The van der Waals surface area contributed by atoms with Crippen molar-refractivity contribution in [1.82, 2.24) is 4.98 Å². The van der Waals surface area contributed by atoms with E-state index < -0.39 is 5.54 Å². The van der Waals surface area contributed by atoms with Gasteiger partial charge in [-0.05, 0) is 43.5 Å². The molecule has 3 nitrogen and oxygen atoms in total. The normalized spacial score (nSPS) is 25.1. The Morgan fingerprint density at radius 3 is 2.72 bits per heavy atom. The number of aliphatic imine (C=N–C) groups is 1. The predicted molar refractivity (Wildman–Crippen MR) is 121 cm³/mol. The highest BCUT2D eigenvalue weighted by atomic mass is 16.1. The van der Waals surface area contributed by atoms with Crippen molar-refractivity contribution in [3.8, 4) is 0 Å². The third-order valence-electron chi connectivity index (χ3n) is 5.77. The Labute approximate surface area is 171 Å². The Kier molecular flexibility index (Phi) is 5.30. The molecule has 0 fully saturated rings. The lowest BCUT2D eigenvalue weighted by Crippen LogP contribution is -2.40. The second kappa shape index (κ2) is 8.04. The number of nitrogens with zero attached hydrogens (tertiary/aromatic N) is 1. The van der Waals surface area contributed by atoms with Crippen LogP contribution in [0.5, 0.6) is 0 Å². The standard InChI is InChI=1S/C26H26N2O/c1-3-22-21-16-19(2)18-26(22,23-13-14-25(29)28-24(23)17-21)27-15-9-5-8-12-20-10-6-4-7-11-20/h3-16,21H,17-18H2,1-2H3,(H,28,29)/b9-5+,12-8+,22-3+,27-15+/t21-,26+/m0/s1. The van der Waals surface area contributed by atoms with E-state index in [0.717, 1.165) is 24.1 Å². The molecule has 1 aromatic carbocycles. The van der Waals surface area contributed by atoms with E-state index >= 15 is 0 Å². The molecule has 4 rings (SSSR count). The fraction of sp³-hybridized carbons (Fsp3) is 0.231. The summed E-state index contributed by atoms with van der Waals surface area (Å²) < 4.78 is 0. The van der Waals surface area contributed by atoms with Gasteiger partial charge < -0.3 is 4.98 Å². The lowest BCUT2D eigenvalue weighted by atomic mass is 9.63. The van der Waals surface area contributed by atoms with Gasteiger partial charge in [0.15, 0.2) is 0 Å². The summed E-state index contributed by atoms with van der Waals surface area (Å²) in [4.78, 5) is 20.0. The van der Waals surface area contributed by atoms with E-state index in [2.05, 4.69) is 49.2 Å². The predicted octanol–water partition coefficient (Wildman–Crippen LogP) is 5.38. The zero-order valence-corrected chi connectivity index (χ0v) is 16.9. The molecule has 1 N–H and O–H groups in total. The molecule has 1 aromatic heterocycles. The van der Waals surface area contributed by atoms with E-state index in [9.17, 15) is 4.79 Å². The molecule has 0 aliphatic heterocycles. The van der Waals surface area contributed by atoms with Gasteiger partial charge in [-0.3, -0.25) is 9.79 Å². The first-order valence-corrected chi connectivity index (χ1v) is 10.1. The number of aromatic amines is 1. The molecule has 0 spiro atoms. The summed E-state index contributed by atoms with van der Waals surface area (Å²) in [5.41, 5.74) is 5.51. The van der Waals surface area contributed by atoms with E-state index in [0.29, 0.717) is 5.92 Å². The van der Waals surface area contributed by atoms with Crippen molar-refractivity contribution in [2.75, 3.05) is 0 Å². The Hall–Kier alpha value is -3.20. The first-order chi connectivity index (χ1) is 14.1. The van der Waals surface area contributed by atoms with Crippen LogP contribution in [-0.4, -0.2) is 11.2 Å². The summed E-state index contributed by atoms with van der Waals surface area (Å²) in [6.45, 7) is 4.27. The Morgan fingerprint density at radius 1 is 1.10 bits per heavy atom. The van der Waals surface area contributed by atoms with Crippen LogP contribution in [-0.2, 0) is 12.0 Å². The molecule has 0 amide bonds. The number of rotatable bonds is 4. The molecule has 2 aliphatic carbocycles. The monoisotopic (exact) mass is 382 g/mol. The highest BCUT2D eigenvalue weighted by Gasteiger charge is 2.46. The van der Waals surface area contributed by atoms with Crippen molar-refractivity contribution in [2.45, 2.75) is 32.2 Å². The van der Waals surface area contributed by atoms with Crippen LogP contribution in [0.2, 0.25) is 0 Å². The molecule has 146 valence electrons. The molecule has 2 atom stereocenters. The molecule has 0 radical (unpaired) electrons. The first-order valence-electron chi connectivity index (χ1n) is 10.1. The van der Waals surface area contributed by atoms with Crippen molar-refractivity contribution in [3.63, 3.8) is 0 Å².